The van der Waals surface area contributed by atoms with E-state index in [0.29, 0.717) is 13.2 Å². The molecule has 3 unspecified atom stereocenters. The largest absolute Gasteiger partial charge is 0.372 e. The lowest BCUT2D eigenvalue weighted by Crippen LogP contribution is -2.57. The van der Waals surface area contributed by atoms with Crippen molar-refractivity contribution < 1.29 is 14.3 Å². The zero-order valence-corrected chi connectivity index (χ0v) is 8.03. The molecule has 0 radical (unpaired) electrons. The molecule has 3 atom stereocenters. The van der Waals surface area contributed by atoms with Crippen LogP contribution in [0.2, 0.25) is 0 Å². The third-order valence-electron chi connectivity index (χ3n) is 2.88. The van der Waals surface area contributed by atoms with Crippen molar-refractivity contribution in [2.75, 3.05) is 20.3 Å². The van der Waals surface area contributed by atoms with Crippen molar-refractivity contribution >= 4 is 5.91 Å². The number of piperidine rings is 1. The fourth-order valence-corrected chi connectivity index (χ4v) is 1.90. The zero-order chi connectivity index (χ0) is 9.42. The maximum absolute atomic E-state index is 11.7. The van der Waals surface area contributed by atoms with Gasteiger partial charge in [0.1, 0.15) is 0 Å². The van der Waals surface area contributed by atoms with Crippen molar-refractivity contribution in [2.45, 2.75) is 31.6 Å². The van der Waals surface area contributed by atoms with Gasteiger partial charge < -0.3 is 14.4 Å². The standard InChI is InChI=1S/C9H15NO3/c1-6-5-7-8(9(11)10(6)2)13-4-3-12-7/h6-8H,3-5H2,1-2H3. The van der Waals surface area contributed by atoms with Crippen LogP contribution in [0, 0.1) is 0 Å². The van der Waals surface area contributed by atoms with Crippen LogP contribution in [-0.4, -0.2) is 49.3 Å². The first-order valence-corrected chi connectivity index (χ1v) is 4.70. The molecule has 2 aliphatic heterocycles. The Morgan fingerprint density at radius 2 is 2.08 bits per heavy atom. The lowest BCUT2D eigenvalue weighted by molar-refractivity contribution is -0.188. The van der Waals surface area contributed by atoms with Crippen molar-refractivity contribution in [3.8, 4) is 0 Å². The second kappa shape index (κ2) is 3.27. The topological polar surface area (TPSA) is 38.8 Å². The average molecular weight is 185 g/mol. The number of nitrogens with zero attached hydrogens (tertiary/aromatic N) is 1. The van der Waals surface area contributed by atoms with E-state index in [0.717, 1.165) is 6.42 Å². The molecule has 13 heavy (non-hydrogen) atoms. The Morgan fingerprint density at radius 1 is 1.38 bits per heavy atom. The van der Waals surface area contributed by atoms with Crippen LogP contribution >= 0.6 is 0 Å². The van der Waals surface area contributed by atoms with Crippen molar-refractivity contribution in [1.29, 1.82) is 0 Å². The van der Waals surface area contributed by atoms with Crippen molar-refractivity contribution in [1.82, 2.24) is 4.90 Å². The predicted octanol–water partition coefficient (Wildman–Crippen LogP) is 0.0210. The molecule has 0 aromatic rings. The molecule has 0 bridgehead atoms. The molecule has 0 aromatic carbocycles. The molecule has 0 spiro atoms. The number of likely N-dealkylation sites (tertiary alicyclic amines) is 1. The van der Waals surface area contributed by atoms with Crippen molar-refractivity contribution in [2.24, 2.45) is 0 Å². The molecular formula is C9H15NO3. The van der Waals surface area contributed by atoms with Gasteiger partial charge in [0.2, 0.25) is 0 Å². The smallest absolute Gasteiger partial charge is 0.254 e. The Balaban J connectivity index is 2.12. The van der Waals surface area contributed by atoms with Gasteiger partial charge in [-0.15, -0.1) is 0 Å². The molecule has 0 aliphatic carbocycles. The van der Waals surface area contributed by atoms with Gasteiger partial charge in [0.25, 0.3) is 5.91 Å². The van der Waals surface area contributed by atoms with E-state index in [1.165, 1.54) is 0 Å². The first-order chi connectivity index (χ1) is 6.20. The van der Waals surface area contributed by atoms with Gasteiger partial charge in [0.15, 0.2) is 6.10 Å². The monoisotopic (exact) mass is 185 g/mol. The van der Waals surface area contributed by atoms with Crippen LogP contribution in [0.5, 0.6) is 0 Å². The molecule has 0 aromatic heterocycles. The quantitative estimate of drug-likeness (QED) is 0.534. The highest BCUT2D eigenvalue weighted by Gasteiger charge is 2.41. The number of ether oxygens (including phenoxy) is 2. The zero-order valence-electron chi connectivity index (χ0n) is 8.03. The molecule has 2 saturated heterocycles. The van der Waals surface area contributed by atoms with E-state index in [-0.39, 0.29) is 24.2 Å². The van der Waals surface area contributed by atoms with Crippen LogP contribution in [0.1, 0.15) is 13.3 Å². The molecular weight excluding hydrogens is 170 g/mol. The first kappa shape index (κ1) is 8.97. The molecule has 4 heteroatoms. The number of hydrogen-bond donors (Lipinski definition) is 0. The second-order valence-electron chi connectivity index (χ2n) is 3.73. The molecule has 0 N–H and O–H groups in total. The van der Waals surface area contributed by atoms with E-state index in [4.69, 9.17) is 9.47 Å². The molecule has 4 nitrogen and oxygen atoms in total. The highest BCUT2D eigenvalue weighted by Crippen LogP contribution is 2.24. The number of fused-ring (bicyclic) bond motifs is 1. The molecule has 2 aliphatic rings. The van der Waals surface area contributed by atoms with E-state index in [2.05, 4.69) is 0 Å². The maximum Gasteiger partial charge on any atom is 0.254 e. The van der Waals surface area contributed by atoms with Crippen LogP contribution in [0.15, 0.2) is 0 Å². The summed E-state index contributed by atoms with van der Waals surface area (Å²) in [6, 6.07) is 0.260. The van der Waals surface area contributed by atoms with Crippen molar-refractivity contribution in [3.05, 3.63) is 0 Å². The lowest BCUT2D eigenvalue weighted by Gasteiger charge is -2.41. The number of rotatable bonds is 0. The highest BCUT2D eigenvalue weighted by molar-refractivity contribution is 5.82. The summed E-state index contributed by atoms with van der Waals surface area (Å²) in [7, 11) is 1.82. The summed E-state index contributed by atoms with van der Waals surface area (Å²) < 4.78 is 10.9. The molecule has 2 fully saturated rings. The lowest BCUT2D eigenvalue weighted by atomic mass is 9.97. The molecule has 74 valence electrons. The van der Waals surface area contributed by atoms with E-state index < -0.39 is 0 Å². The number of amides is 1. The van der Waals surface area contributed by atoms with Crippen LogP contribution in [0.25, 0.3) is 0 Å². The summed E-state index contributed by atoms with van der Waals surface area (Å²) in [6.45, 7) is 3.19. The summed E-state index contributed by atoms with van der Waals surface area (Å²) in [5.41, 5.74) is 0. The van der Waals surface area contributed by atoms with Gasteiger partial charge in [-0.2, -0.15) is 0 Å². The fraction of sp³-hybridized carbons (Fsp3) is 0.889. The highest BCUT2D eigenvalue weighted by atomic mass is 16.6. The van der Waals surface area contributed by atoms with Crippen LogP contribution < -0.4 is 0 Å². The minimum atomic E-state index is -0.352. The van der Waals surface area contributed by atoms with E-state index in [1.807, 2.05) is 14.0 Å². The predicted molar refractivity (Wildman–Crippen MR) is 46.3 cm³/mol. The number of hydrogen-bond acceptors (Lipinski definition) is 3. The minimum Gasteiger partial charge on any atom is -0.372 e. The van der Waals surface area contributed by atoms with Gasteiger partial charge in [-0.05, 0) is 13.3 Å². The Hall–Kier alpha value is -0.610. The summed E-state index contributed by atoms with van der Waals surface area (Å²) in [5, 5.41) is 0. The summed E-state index contributed by atoms with van der Waals surface area (Å²) in [4.78, 5) is 13.4. The van der Waals surface area contributed by atoms with E-state index in [1.54, 1.807) is 4.90 Å². The normalized spacial score (nSPS) is 40.3. The van der Waals surface area contributed by atoms with Gasteiger partial charge in [-0.25, -0.2) is 0 Å². The van der Waals surface area contributed by atoms with E-state index >= 15 is 0 Å². The molecule has 0 saturated carbocycles. The van der Waals surface area contributed by atoms with Gasteiger partial charge in [-0.1, -0.05) is 0 Å². The van der Waals surface area contributed by atoms with Crippen LogP contribution in [-0.2, 0) is 14.3 Å². The van der Waals surface area contributed by atoms with Gasteiger partial charge in [0, 0.05) is 13.1 Å². The van der Waals surface area contributed by atoms with Crippen molar-refractivity contribution in [3.63, 3.8) is 0 Å². The fourth-order valence-electron chi connectivity index (χ4n) is 1.90. The second-order valence-corrected chi connectivity index (χ2v) is 3.73. The Bertz CT molecular complexity index is 219. The Kier molecular flexibility index (Phi) is 2.26. The summed E-state index contributed by atoms with van der Waals surface area (Å²) in [5.74, 6) is 0.0588. The average Bonchev–Trinajstić information content (AvgIpc) is 2.15. The van der Waals surface area contributed by atoms with E-state index in [9.17, 15) is 4.79 Å². The van der Waals surface area contributed by atoms with Gasteiger partial charge >= 0.3 is 0 Å². The molecule has 2 rings (SSSR count). The van der Waals surface area contributed by atoms with Gasteiger partial charge in [0.05, 0.1) is 19.3 Å². The minimum absolute atomic E-state index is 0.0209. The first-order valence-electron chi connectivity index (χ1n) is 4.70. The third kappa shape index (κ3) is 1.44. The SMILES string of the molecule is CC1CC2OCCOC2C(=O)N1C. The maximum atomic E-state index is 11.7. The Labute approximate surface area is 77.8 Å². The van der Waals surface area contributed by atoms with Crippen LogP contribution in [0.4, 0.5) is 0 Å². The third-order valence-corrected chi connectivity index (χ3v) is 2.88. The summed E-state index contributed by atoms with van der Waals surface area (Å²) >= 11 is 0. The van der Waals surface area contributed by atoms with Gasteiger partial charge in [-0.3, -0.25) is 4.79 Å². The number of carbonyl (C=O) groups is 1. The molecule has 1 amide bonds. The van der Waals surface area contributed by atoms with Crippen LogP contribution in [0.3, 0.4) is 0 Å². The number of carbonyl (C=O) groups excluding carboxylic acids is 1. The number of likely N-dealkylation sites (N-methyl/N-ethyl adjacent to an activating group) is 1. The Morgan fingerprint density at radius 3 is 2.85 bits per heavy atom. The molecule has 2 heterocycles. The summed E-state index contributed by atoms with van der Waals surface area (Å²) in [6.07, 6.45) is 0.509.